The summed E-state index contributed by atoms with van der Waals surface area (Å²) in [4.78, 5) is 23.0. The van der Waals surface area contributed by atoms with Crippen LogP contribution >= 0.6 is 23.2 Å². The zero-order valence-electron chi connectivity index (χ0n) is 10.4. The van der Waals surface area contributed by atoms with Crippen LogP contribution in [-0.2, 0) is 0 Å². The van der Waals surface area contributed by atoms with Gasteiger partial charge < -0.3 is 15.5 Å². The molecule has 0 saturated heterocycles. The van der Waals surface area contributed by atoms with Gasteiger partial charge >= 0.3 is 5.97 Å². The van der Waals surface area contributed by atoms with Gasteiger partial charge in [0, 0.05) is 0 Å². The van der Waals surface area contributed by atoms with Crippen molar-refractivity contribution in [3.8, 4) is 5.75 Å². The molecule has 21 heavy (non-hydrogen) atoms. The van der Waals surface area contributed by atoms with E-state index in [1.807, 2.05) is 0 Å². The van der Waals surface area contributed by atoms with Crippen LogP contribution < -0.4 is 5.32 Å². The maximum atomic E-state index is 12.1. The molecule has 5 nitrogen and oxygen atoms in total. The third-order valence-corrected chi connectivity index (χ3v) is 3.53. The smallest absolute Gasteiger partial charge is 0.339 e. The standard InChI is InChI=1S/C14H9Cl2NO4/c15-9-5-1-3-7(11(9)16)13(19)17-10-6-2-4-8(12(10)18)14(20)21/h1-6,18H,(H,17,19)(H,20,21). The predicted molar refractivity (Wildman–Crippen MR) is 79.5 cm³/mol. The van der Waals surface area contributed by atoms with E-state index in [4.69, 9.17) is 28.3 Å². The van der Waals surface area contributed by atoms with Gasteiger partial charge in [-0.3, -0.25) is 4.79 Å². The topological polar surface area (TPSA) is 86.6 Å². The molecule has 0 saturated carbocycles. The number of aromatic hydroxyl groups is 1. The predicted octanol–water partition coefficient (Wildman–Crippen LogP) is 3.65. The first kappa shape index (κ1) is 15.2. The van der Waals surface area contributed by atoms with Gasteiger partial charge in [-0.05, 0) is 24.3 Å². The summed E-state index contributed by atoms with van der Waals surface area (Å²) in [6.07, 6.45) is 0. The second kappa shape index (κ2) is 6.03. The van der Waals surface area contributed by atoms with E-state index < -0.39 is 17.6 Å². The van der Waals surface area contributed by atoms with Crippen LogP contribution in [0, 0.1) is 0 Å². The molecule has 2 aromatic carbocycles. The van der Waals surface area contributed by atoms with Crippen LogP contribution in [0.1, 0.15) is 20.7 Å². The van der Waals surface area contributed by atoms with Gasteiger partial charge in [-0.1, -0.05) is 35.3 Å². The zero-order valence-corrected chi connectivity index (χ0v) is 11.9. The fourth-order valence-corrected chi connectivity index (χ4v) is 2.07. The number of hydrogen-bond donors (Lipinski definition) is 3. The molecule has 0 aliphatic carbocycles. The lowest BCUT2D eigenvalue weighted by molar-refractivity contribution is 0.0693. The van der Waals surface area contributed by atoms with Crippen LogP contribution in [0.5, 0.6) is 5.75 Å². The van der Waals surface area contributed by atoms with Crippen molar-refractivity contribution < 1.29 is 19.8 Å². The Morgan fingerprint density at radius 1 is 1.00 bits per heavy atom. The average Bonchev–Trinajstić information content (AvgIpc) is 2.43. The molecule has 0 heterocycles. The lowest BCUT2D eigenvalue weighted by Crippen LogP contribution is -2.13. The van der Waals surface area contributed by atoms with E-state index in [9.17, 15) is 14.7 Å². The highest BCUT2D eigenvalue weighted by atomic mass is 35.5. The summed E-state index contributed by atoms with van der Waals surface area (Å²) in [5.74, 6) is -2.44. The first-order valence-corrected chi connectivity index (χ1v) is 6.48. The van der Waals surface area contributed by atoms with Gasteiger partial charge in [0.1, 0.15) is 5.56 Å². The summed E-state index contributed by atoms with van der Waals surface area (Å²) in [6.45, 7) is 0. The number of amides is 1. The largest absolute Gasteiger partial charge is 0.505 e. The normalized spacial score (nSPS) is 10.2. The van der Waals surface area contributed by atoms with Crippen LogP contribution in [0.3, 0.4) is 0 Å². The minimum atomic E-state index is -1.30. The Balaban J connectivity index is 2.34. The summed E-state index contributed by atoms with van der Waals surface area (Å²) < 4.78 is 0. The second-order valence-corrected chi connectivity index (χ2v) is 4.85. The zero-order chi connectivity index (χ0) is 15.6. The molecule has 0 fully saturated rings. The molecular formula is C14H9Cl2NO4. The number of halogens is 2. The number of carboxylic acids is 1. The first-order valence-electron chi connectivity index (χ1n) is 5.72. The molecule has 7 heteroatoms. The lowest BCUT2D eigenvalue weighted by atomic mass is 10.1. The Kier molecular flexibility index (Phi) is 4.35. The van der Waals surface area contributed by atoms with Crippen molar-refractivity contribution in [2.45, 2.75) is 0 Å². The first-order chi connectivity index (χ1) is 9.91. The summed E-state index contributed by atoms with van der Waals surface area (Å²) in [7, 11) is 0. The van der Waals surface area contributed by atoms with Crippen molar-refractivity contribution in [3.05, 3.63) is 57.6 Å². The number of anilines is 1. The molecule has 2 rings (SSSR count). The monoisotopic (exact) mass is 325 g/mol. The van der Waals surface area contributed by atoms with Crippen LogP contribution in [0.15, 0.2) is 36.4 Å². The summed E-state index contributed by atoms with van der Waals surface area (Å²) in [5, 5.41) is 21.4. The lowest BCUT2D eigenvalue weighted by Gasteiger charge is -2.10. The van der Waals surface area contributed by atoms with Crippen molar-refractivity contribution in [1.82, 2.24) is 0 Å². The van der Waals surface area contributed by atoms with Crippen molar-refractivity contribution in [2.24, 2.45) is 0 Å². The van der Waals surface area contributed by atoms with E-state index in [2.05, 4.69) is 5.32 Å². The highest BCUT2D eigenvalue weighted by Crippen LogP contribution is 2.30. The number of carboxylic acid groups (broad SMARTS) is 1. The molecule has 3 N–H and O–H groups in total. The van der Waals surface area contributed by atoms with Crippen molar-refractivity contribution in [3.63, 3.8) is 0 Å². The van der Waals surface area contributed by atoms with E-state index in [0.717, 1.165) is 0 Å². The number of aromatic carboxylic acids is 1. The van der Waals surface area contributed by atoms with Gasteiger partial charge in [0.25, 0.3) is 5.91 Å². The number of carbonyl (C=O) groups is 2. The Labute approximate surface area is 129 Å². The number of rotatable bonds is 3. The molecule has 1 amide bonds. The number of nitrogens with one attached hydrogen (secondary N) is 1. The molecule has 2 aromatic rings. The van der Waals surface area contributed by atoms with E-state index in [1.54, 1.807) is 6.07 Å². The van der Waals surface area contributed by atoms with Gasteiger partial charge in [0.2, 0.25) is 0 Å². The molecule has 0 aliphatic rings. The van der Waals surface area contributed by atoms with Crippen LogP contribution in [-0.4, -0.2) is 22.1 Å². The van der Waals surface area contributed by atoms with Gasteiger partial charge in [-0.25, -0.2) is 4.79 Å². The minimum Gasteiger partial charge on any atom is -0.505 e. The summed E-state index contributed by atoms with van der Waals surface area (Å²) >= 11 is 11.7. The Morgan fingerprint density at radius 3 is 2.29 bits per heavy atom. The fraction of sp³-hybridized carbons (Fsp3) is 0. The molecule has 0 atom stereocenters. The van der Waals surface area contributed by atoms with Crippen LogP contribution in [0.4, 0.5) is 5.69 Å². The van der Waals surface area contributed by atoms with E-state index in [-0.39, 0.29) is 26.9 Å². The van der Waals surface area contributed by atoms with E-state index in [1.165, 1.54) is 30.3 Å². The minimum absolute atomic E-state index is 0.0315. The number of benzene rings is 2. The third-order valence-electron chi connectivity index (χ3n) is 2.71. The molecule has 0 bridgehead atoms. The van der Waals surface area contributed by atoms with Crippen molar-refractivity contribution >= 4 is 40.8 Å². The maximum absolute atomic E-state index is 12.1. The Hall–Kier alpha value is -2.24. The third kappa shape index (κ3) is 3.09. The average molecular weight is 326 g/mol. The van der Waals surface area contributed by atoms with E-state index >= 15 is 0 Å². The van der Waals surface area contributed by atoms with Gasteiger partial charge in [-0.15, -0.1) is 0 Å². The van der Waals surface area contributed by atoms with E-state index in [0.29, 0.717) is 0 Å². The Morgan fingerprint density at radius 2 is 1.62 bits per heavy atom. The van der Waals surface area contributed by atoms with Crippen LogP contribution in [0.25, 0.3) is 0 Å². The number of para-hydroxylation sites is 1. The second-order valence-electron chi connectivity index (χ2n) is 4.06. The number of hydrogen-bond acceptors (Lipinski definition) is 3. The summed E-state index contributed by atoms with van der Waals surface area (Å²) in [6, 6.07) is 8.54. The van der Waals surface area contributed by atoms with Gasteiger partial charge in [0.05, 0.1) is 21.3 Å². The number of carbonyl (C=O) groups excluding carboxylic acids is 1. The van der Waals surface area contributed by atoms with Crippen LogP contribution in [0.2, 0.25) is 10.0 Å². The molecule has 0 radical (unpaired) electrons. The number of phenols is 1. The molecule has 108 valence electrons. The van der Waals surface area contributed by atoms with Crippen molar-refractivity contribution in [2.75, 3.05) is 5.32 Å². The quantitative estimate of drug-likeness (QED) is 0.752. The molecular weight excluding hydrogens is 317 g/mol. The summed E-state index contributed by atoms with van der Waals surface area (Å²) in [5.41, 5.74) is -0.231. The SMILES string of the molecule is O=C(O)c1cccc(NC(=O)c2cccc(Cl)c2Cl)c1O. The molecule has 0 spiro atoms. The maximum Gasteiger partial charge on any atom is 0.339 e. The van der Waals surface area contributed by atoms with Gasteiger partial charge in [-0.2, -0.15) is 0 Å². The molecule has 0 unspecified atom stereocenters. The fourth-order valence-electron chi connectivity index (χ4n) is 1.69. The highest BCUT2D eigenvalue weighted by Gasteiger charge is 2.17. The van der Waals surface area contributed by atoms with Crippen molar-refractivity contribution in [1.29, 1.82) is 0 Å². The molecule has 0 aliphatic heterocycles. The highest BCUT2D eigenvalue weighted by molar-refractivity contribution is 6.44. The Bertz CT molecular complexity index is 731. The van der Waals surface area contributed by atoms with Gasteiger partial charge in [0.15, 0.2) is 5.75 Å². The molecule has 0 aromatic heterocycles.